The molecule has 0 aliphatic heterocycles. The summed E-state index contributed by atoms with van der Waals surface area (Å²) < 4.78 is 29.6. The van der Waals surface area contributed by atoms with Crippen molar-refractivity contribution in [2.45, 2.75) is 0 Å². The Kier molecular flexibility index (Phi) is 6.36. The molecule has 0 spiro atoms. The minimum absolute atomic E-state index is 0.122. The van der Waals surface area contributed by atoms with Gasteiger partial charge in [-0.05, 0) is 36.4 Å². The van der Waals surface area contributed by atoms with E-state index in [9.17, 15) is 18.0 Å². The largest absolute Gasteiger partial charge is 0.465 e. The number of benzene rings is 2. The van der Waals surface area contributed by atoms with Gasteiger partial charge in [-0.15, -0.1) is 6.58 Å². The lowest BCUT2D eigenvalue weighted by molar-refractivity contribution is 0.0602. The van der Waals surface area contributed by atoms with Crippen LogP contribution in [0.2, 0.25) is 0 Å². The lowest BCUT2D eigenvalue weighted by Crippen LogP contribution is -2.29. The average molecular weight is 388 g/mol. The number of nitrogens with zero attached hydrogens (tertiary/aromatic N) is 1. The van der Waals surface area contributed by atoms with E-state index in [0.717, 1.165) is 6.26 Å². The maximum absolute atomic E-state index is 12.5. The van der Waals surface area contributed by atoms with Crippen LogP contribution in [0.25, 0.3) is 0 Å². The summed E-state index contributed by atoms with van der Waals surface area (Å²) in [6.45, 7) is 3.68. The zero-order valence-electron chi connectivity index (χ0n) is 15.0. The molecule has 0 aliphatic rings. The van der Waals surface area contributed by atoms with E-state index in [1.807, 2.05) is 0 Å². The van der Waals surface area contributed by atoms with Gasteiger partial charge >= 0.3 is 5.97 Å². The molecule has 0 aliphatic carbocycles. The molecular formula is C19H20N2O5S. The molecule has 27 heavy (non-hydrogen) atoms. The summed E-state index contributed by atoms with van der Waals surface area (Å²) in [7, 11) is -2.21. The van der Waals surface area contributed by atoms with E-state index in [1.54, 1.807) is 24.3 Å². The highest BCUT2D eigenvalue weighted by Gasteiger charge is 2.17. The number of methoxy groups -OCH3 is 1. The van der Waals surface area contributed by atoms with Crippen LogP contribution in [-0.2, 0) is 14.8 Å². The Morgan fingerprint density at radius 2 is 1.78 bits per heavy atom. The maximum Gasteiger partial charge on any atom is 0.339 e. The summed E-state index contributed by atoms with van der Waals surface area (Å²) in [5.41, 5.74) is 1.29. The van der Waals surface area contributed by atoms with Gasteiger partial charge < -0.3 is 10.1 Å². The van der Waals surface area contributed by atoms with Crippen LogP contribution >= 0.6 is 0 Å². The van der Waals surface area contributed by atoms with E-state index in [1.165, 1.54) is 41.8 Å². The fourth-order valence-electron chi connectivity index (χ4n) is 2.40. The quantitative estimate of drug-likeness (QED) is 0.581. The first-order valence-corrected chi connectivity index (χ1v) is 9.80. The van der Waals surface area contributed by atoms with Crippen molar-refractivity contribution < 1.29 is 22.7 Å². The first kappa shape index (κ1) is 20.2. The molecule has 8 heteroatoms. The molecule has 0 saturated heterocycles. The van der Waals surface area contributed by atoms with Crippen LogP contribution in [0.3, 0.4) is 0 Å². The van der Waals surface area contributed by atoms with E-state index in [2.05, 4.69) is 11.9 Å². The molecule has 0 saturated carbocycles. The van der Waals surface area contributed by atoms with Gasteiger partial charge in [0.2, 0.25) is 10.0 Å². The summed E-state index contributed by atoms with van der Waals surface area (Å²) >= 11 is 0. The van der Waals surface area contributed by atoms with E-state index in [-0.39, 0.29) is 12.1 Å². The van der Waals surface area contributed by atoms with Gasteiger partial charge in [-0.1, -0.05) is 18.2 Å². The van der Waals surface area contributed by atoms with Crippen molar-refractivity contribution in [1.29, 1.82) is 0 Å². The van der Waals surface area contributed by atoms with E-state index < -0.39 is 21.9 Å². The second kappa shape index (κ2) is 8.50. The van der Waals surface area contributed by atoms with Crippen molar-refractivity contribution in [2.75, 3.05) is 29.5 Å². The topological polar surface area (TPSA) is 92.8 Å². The molecule has 0 heterocycles. The molecule has 1 amide bonds. The highest BCUT2D eigenvalue weighted by Crippen LogP contribution is 2.20. The SMILES string of the molecule is C=CCN(c1ccc(C(=O)Nc2ccccc2C(=O)OC)cc1)S(C)(=O)=O. The van der Waals surface area contributed by atoms with Crippen LogP contribution < -0.4 is 9.62 Å². The lowest BCUT2D eigenvalue weighted by atomic mass is 10.1. The zero-order valence-corrected chi connectivity index (χ0v) is 15.8. The van der Waals surface area contributed by atoms with E-state index in [4.69, 9.17) is 4.74 Å². The van der Waals surface area contributed by atoms with Gasteiger partial charge in [0.05, 0.1) is 36.8 Å². The Labute approximate surface area is 158 Å². The van der Waals surface area contributed by atoms with Crippen molar-refractivity contribution in [3.8, 4) is 0 Å². The first-order chi connectivity index (χ1) is 12.8. The molecule has 0 atom stereocenters. The van der Waals surface area contributed by atoms with Crippen molar-refractivity contribution in [2.24, 2.45) is 0 Å². The molecule has 0 aromatic heterocycles. The fourth-order valence-corrected chi connectivity index (χ4v) is 3.28. The molecule has 2 aromatic rings. The smallest absolute Gasteiger partial charge is 0.339 e. The van der Waals surface area contributed by atoms with Crippen molar-refractivity contribution in [1.82, 2.24) is 0 Å². The van der Waals surface area contributed by atoms with Gasteiger partial charge in [0, 0.05) is 5.56 Å². The summed E-state index contributed by atoms with van der Waals surface area (Å²) in [4.78, 5) is 24.3. The summed E-state index contributed by atoms with van der Waals surface area (Å²) in [6, 6.07) is 12.6. The fraction of sp³-hybridized carbons (Fsp3) is 0.158. The number of carbonyl (C=O) groups excluding carboxylic acids is 2. The predicted octanol–water partition coefficient (Wildman–Crippen LogP) is 2.68. The molecule has 2 rings (SSSR count). The molecule has 0 fully saturated rings. The Morgan fingerprint density at radius 1 is 1.15 bits per heavy atom. The highest BCUT2D eigenvalue weighted by atomic mass is 32.2. The Hall–Kier alpha value is -3.13. The number of carbonyl (C=O) groups is 2. The second-order valence-electron chi connectivity index (χ2n) is 5.62. The third kappa shape index (κ3) is 4.95. The third-order valence-electron chi connectivity index (χ3n) is 3.69. The summed E-state index contributed by atoms with van der Waals surface area (Å²) in [5.74, 6) is -0.998. The molecule has 0 radical (unpaired) electrons. The van der Waals surface area contributed by atoms with E-state index in [0.29, 0.717) is 16.9 Å². The van der Waals surface area contributed by atoms with Gasteiger partial charge in [-0.2, -0.15) is 0 Å². The molecule has 7 nitrogen and oxygen atoms in total. The number of ether oxygens (including phenoxy) is 1. The summed E-state index contributed by atoms with van der Waals surface area (Å²) in [6.07, 6.45) is 2.58. The predicted molar refractivity (Wildman–Crippen MR) is 105 cm³/mol. The number of hydrogen-bond donors (Lipinski definition) is 1. The molecule has 1 N–H and O–H groups in total. The second-order valence-corrected chi connectivity index (χ2v) is 7.53. The van der Waals surface area contributed by atoms with Crippen molar-refractivity contribution >= 4 is 33.3 Å². The monoisotopic (exact) mass is 388 g/mol. The van der Waals surface area contributed by atoms with Crippen LogP contribution in [0, 0.1) is 0 Å². The Morgan fingerprint density at radius 3 is 2.33 bits per heavy atom. The zero-order chi connectivity index (χ0) is 20.0. The molecule has 0 bridgehead atoms. The standard InChI is InChI=1S/C19H20N2O5S/c1-4-13-21(27(3,24)25)15-11-9-14(10-12-15)18(22)20-17-8-6-5-7-16(17)19(23)26-2/h4-12H,1,13H2,2-3H3,(H,20,22). The number of nitrogens with one attached hydrogen (secondary N) is 1. The number of para-hydroxylation sites is 1. The van der Waals surface area contributed by atoms with E-state index >= 15 is 0 Å². The number of sulfonamides is 1. The van der Waals surface area contributed by atoms with Crippen LogP contribution in [0.5, 0.6) is 0 Å². The van der Waals surface area contributed by atoms with Crippen molar-refractivity contribution in [3.63, 3.8) is 0 Å². The van der Waals surface area contributed by atoms with Crippen LogP contribution in [0.15, 0.2) is 61.2 Å². The minimum atomic E-state index is -3.47. The van der Waals surface area contributed by atoms with Crippen LogP contribution in [-0.4, -0.2) is 40.2 Å². The Balaban J connectivity index is 2.24. The number of esters is 1. The number of rotatable bonds is 7. The van der Waals surface area contributed by atoms with Gasteiger partial charge in [0.1, 0.15) is 0 Å². The van der Waals surface area contributed by atoms with Crippen LogP contribution in [0.4, 0.5) is 11.4 Å². The van der Waals surface area contributed by atoms with Gasteiger partial charge in [0.25, 0.3) is 5.91 Å². The maximum atomic E-state index is 12.5. The van der Waals surface area contributed by atoms with Gasteiger partial charge in [0.15, 0.2) is 0 Å². The first-order valence-electron chi connectivity index (χ1n) is 7.95. The van der Waals surface area contributed by atoms with Crippen molar-refractivity contribution in [3.05, 3.63) is 72.3 Å². The normalized spacial score (nSPS) is 10.7. The number of amides is 1. The highest BCUT2D eigenvalue weighted by molar-refractivity contribution is 7.92. The minimum Gasteiger partial charge on any atom is -0.465 e. The lowest BCUT2D eigenvalue weighted by Gasteiger charge is -2.20. The number of anilines is 2. The van der Waals surface area contributed by atoms with Gasteiger partial charge in [-0.3, -0.25) is 9.10 Å². The Bertz CT molecular complexity index is 952. The molecular weight excluding hydrogens is 368 g/mol. The molecule has 142 valence electrons. The number of hydrogen-bond acceptors (Lipinski definition) is 5. The third-order valence-corrected chi connectivity index (χ3v) is 4.85. The van der Waals surface area contributed by atoms with Gasteiger partial charge in [-0.25, -0.2) is 13.2 Å². The molecule has 0 unspecified atom stereocenters. The average Bonchev–Trinajstić information content (AvgIpc) is 2.65. The summed E-state index contributed by atoms with van der Waals surface area (Å²) in [5, 5.41) is 2.66. The molecule has 2 aromatic carbocycles. The van der Waals surface area contributed by atoms with Crippen LogP contribution in [0.1, 0.15) is 20.7 Å².